The minimum absolute atomic E-state index is 0.00635. The molecular formula is C9H20N2OS. The highest BCUT2D eigenvalue weighted by Gasteiger charge is 2.14. The summed E-state index contributed by atoms with van der Waals surface area (Å²) in [6.45, 7) is 3.27. The third kappa shape index (κ3) is 5.93. The molecule has 0 aliphatic heterocycles. The molecule has 0 saturated carbocycles. The van der Waals surface area contributed by atoms with Crippen LogP contribution in [0, 0.1) is 5.92 Å². The second-order valence-electron chi connectivity index (χ2n) is 3.01. The molecule has 0 rings (SSSR count). The molecule has 1 amide bonds. The van der Waals surface area contributed by atoms with Gasteiger partial charge in [0.15, 0.2) is 0 Å². The molecule has 78 valence electrons. The predicted molar refractivity (Wildman–Crippen MR) is 58.8 cm³/mol. The van der Waals surface area contributed by atoms with E-state index in [0.29, 0.717) is 6.54 Å². The first-order valence-electron chi connectivity index (χ1n) is 4.73. The van der Waals surface area contributed by atoms with Gasteiger partial charge in [-0.1, -0.05) is 13.3 Å². The Balaban J connectivity index is 3.64. The SMILES string of the molecule is CCCC(CN)C(=O)NCCSC. The molecule has 1 atom stereocenters. The van der Waals surface area contributed by atoms with Crippen molar-refractivity contribution in [3.05, 3.63) is 0 Å². The highest BCUT2D eigenvalue weighted by molar-refractivity contribution is 7.98. The zero-order valence-corrected chi connectivity index (χ0v) is 9.32. The maximum absolute atomic E-state index is 11.4. The molecule has 0 heterocycles. The largest absolute Gasteiger partial charge is 0.355 e. The summed E-state index contributed by atoms with van der Waals surface area (Å²) in [5.74, 6) is 1.08. The lowest BCUT2D eigenvalue weighted by Crippen LogP contribution is -2.36. The van der Waals surface area contributed by atoms with Crippen LogP contribution in [0.1, 0.15) is 19.8 Å². The number of nitrogens with two attached hydrogens (primary N) is 1. The molecule has 0 fully saturated rings. The van der Waals surface area contributed by atoms with Crippen LogP contribution in [0.25, 0.3) is 0 Å². The molecule has 0 aromatic heterocycles. The maximum atomic E-state index is 11.4. The molecule has 13 heavy (non-hydrogen) atoms. The van der Waals surface area contributed by atoms with Gasteiger partial charge in [0.05, 0.1) is 5.92 Å². The van der Waals surface area contributed by atoms with Crippen LogP contribution in [0.4, 0.5) is 0 Å². The van der Waals surface area contributed by atoms with Crippen molar-refractivity contribution >= 4 is 17.7 Å². The maximum Gasteiger partial charge on any atom is 0.224 e. The molecule has 0 spiro atoms. The van der Waals surface area contributed by atoms with Crippen LogP contribution >= 0.6 is 11.8 Å². The number of carbonyl (C=O) groups excluding carboxylic acids is 1. The molecule has 0 radical (unpaired) electrons. The van der Waals surface area contributed by atoms with Crippen LogP contribution in [-0.2, 0) is 4.79 Å². The minimum Gasteiger partial charge on any atom is -0.355 e. The Labute approximate surface area is 84.8 Å². The number of amides is 1. The number of hydrogen-bond donors (Lipinski definition) is 2. The fourth-order valence-corrected chi connectivity index (χ4v) is 1.43. The number of carbonyl (C=O) groups is 1. The molecule has 0 saturated heterocycles. The number of nitrogens with one attached hydrogen (secondary N) is 1. The van der Waals surface area contributed by atoms with E-state index < -0.39 is 0 Å². The predicted octanol–water partition coefficient (Wildman–Crippen LogP) is 0.841. The van der Waals surface area contributed by atoms with Crippen LogP contribution in [0.5, 0.6) is 0 Å². The standard InChI is InChI=1S/C9H20N2OS/c1-3-4-8(7-10)9(12)11-5-6-13-2/h8H,3-7,10H2,1-2H3,(H,11,12). The van der Waals surface area contributed by atoms with Gasteiger partial charge < -0.3 is 11.1 Å². The van der Waals surface area contributed by atoms with E-state index in [-0.39, 0.29) is 11.8 Å². The highest BCUT2D eigenvalue weighted by Crippen LogP contribution is 2.04. The van der Waals surface area contributed by atoms with Crippen LogP contribution in [0.3, 0.4) is 0 Å². The summed E-state index contributed by atoms with van der Waals surface area (Å²) in [5.41, 5.74) is 5.50. The van der Waals surface area contributed by atoms with Crippen molar-refractivity contribution in [2.75, 3.05) is 25.1 Å². The Bertz CT molecular complexity index is 142. The van der Waals surface area contributed by atoms with Crippen molar-refractivity contribution in [2.45, 2.75) is 19.8 Å². The summed E-state index contributed by atoms with van der Waals surface area (Å²) in [4.78, 5) is 11.4. The van der Waals surface area contributed by atoms with Gasteiger partial charge in [-0.05, 0) is 12.7 Å². The van der Waals surface area contributed by atoms with Crippen molar-refractivity contribution in [1.82, 2.24) is 5.32 Å². The van der Waals surface area contributed by atoms with Gasteiger partial charge in [-0.2, -0.15) is 11.8 Å². The Morgan fingerprint density at radius 1 is 1.62 bits per heavy atom. The summed E-state index contributed by atoms with van der Waals surface area (Å²) >= 11 is 1.73. The van der Waals surface area contributed by atoms with Crippen LogP contribution in [0.2, 0.25) is 0 Å². The van der Waals surface area contributed by atoms with E-state index in [1.54, 1.807) is 11.8 Å². The molecule has 3 N–H and O–H groups in total. The number of hydrogen-bond acceptors (Lipinski definition) is 3. The third-order valence-electron chi connectivity index (χ3n) is 1.90. The second kappa shape index (κ2) is 8.38. The Morgan fingerprint density at radius 2 is 2.31 bits per heavy atom. The van der Waals surface area contributed by atoms with Gasteiger partial charge in [0.2, 0.25) is 5.91 Å². The van der Waals surface area contributed by atoms with E-state index in [9.17, 15) is 4.79 Å². The van der Waals surface area contributed by atoms with Crippen molar-refractivity contribution in [1.29, 1.82) is 0 Å². The normalized spacial score (nSPS) is 12.5. The van der Waals surface area contributed by atoms with E-state index in [1.165, 1.54) is 0 Å². The van der Waals surface area contributed by atoms with Crippen molar-refractivity contribution < 1.29 is 4.79 Å². The molecular weight excluding hydrogens is 184 g/mol. The van der Waals surface area contributed by atoms with Gasteiger partial charge in [0.25, 0.3) is 0 Å². The molecule has 0 aromatic rings. The highest BCUT2D eigenvalue weighted by atomic mass is 32.2. The molecule has 4 heteroatoms. The minimum atomic E-state index is 0.00635. The summed E-state index contributed by atoms with van der Waals surface area (Å²) in [6, 6.07) is 0. The zero-order chi connectivity index (χ0) is 10.1. The second-order valence-corrected chi connectivity index (χ2v) is 3.99. The van der Waals surface area contributed by atoms with E-state index in [2.05, 4.69) is 12.2 Å². The summed E-state index contributed by atoms with van der Waals surface area (Å²) < 4.78 is 0. The summed E-state index contributed by atoms with van der Waals surface area (Å²) in [6.07, 6.45) is 3.93. The molecule has 0 bridgehead atoms. The smallest absolute Gasteiger partial charge is 0.224 e. The van der Waals surface area contributed by atoms with Gasteiger partial charge in [0, 0.05) is 18.8 Å². The lowest BCUT2D eigenvalue weighted by Gasteiger charge is -2.13. The first-order valence-corrected chi connectivity index (χ1v) is 6.12. The molecule has 3 nitrogen and oxygen atoms in total. The van der Waals surface area contributed by atoms with E-state index in [1.807, 2.05) is 6.26 Å². The van der Waals surface area contributed by atoms with E-state index in [0.717, 1.165) is 25.1 Å². The lowest BCUT2D eigenvalue weighted by molar-refractivity contribution is -0.124. The summed E-state index contributed by atoms with van der Waals surface area (Å²) in [5, 5.41) is 2.88. The quantitative estimate of drug-likeness (QED) is 0.604. The topological polar surface area (TPSA) is 55.1 Å². The van der Waals surface area contributed by atoms with Crippen molar-refractivity contribution in [3.8, 4) is 0 Å². The fourth-order valence-electron chi connectivity index (χ4n) is 1.13. The Hall–Kier alpha value is -0.220. The number of rotatable bonds is 7. The molecule has 0 aliphatic carbocycles. The van der Waals surface area contributed by atoms with Crippen molar-refractivity contribution in [3.63, 3.8) is 0 Å². The van der Waals surface area contributed by atoms with Gasteiger partial charge in [-0.3, -0.25) is 4.79 Å². The average molecular weight is 204 g/mol. The molecule has 1 unspecified atom stereocenters. The van der Waals surface area contributed by atoms with Gasteiger partial charge >= 0.3 is 0 Å². The zero-order valence-electron chi connectivity index (χ0n) is 8.51. The third-order valence-corrected chi connectivity index (χ3v) is 2.51. The summed E-state index contributed by atoms with van der Waals surface area (Å²) in [7, 11) is 0. The van der Waals surface area contributed by atoms with Crippen LogP contribution < -0.4 is 11.1 Å². The monoisotopic (exact) mass is 204 g/mol. The van der Waals surface area contributed by atoms with E-state index >= 15 is 0 Å². The fraction of sp³-hybridized carbons (Fsp3) is 0.889. The average Bonchev–Trinajstić information content (AvgIpc) is 2.14. The lowest BCUT2D eigenvalue weighted by atomic mass is 10.0. The molecule has 0 aliphatic rings. The Kier molecular flexibility index (Phi) is 8.24. The van der Waals surface area contributed by atoms with Gasteiger partial charge in [-0.25, -0.2) is 0 Å². The number of thioether (sulfide) groups is 1. The molecule has 0 aromatic carbocycles. The van der Waals surface area contributed by atoms with E-state index in [4.69, 9.17) is 5.73 Å². The first-order chi connectivity index (χ1) is 6.26. The first kappa shape index (κ1) is 12.8. The van der Waals surface area contributed by atoms with Crippen LogP contribution in [-0.4, -0.2) is 31.0 Å². The Morgan fingerprint density at radius 3 is 2.77 bits per heavy atom. The van der Waals surface area contributed by atoms with Gasteiger partial charge in [-0.15, -0.1) is 0 Å². The van der Waals surface area contributed by atoms with Gasteiger partial charge in [0.1, 0.15) is 0 Å². The van der Waals surface area contributed by atoms with Crippen molar-refractivity contribution in [2.24, 2.45) is 11.7 Å². The van der Waals surface area contributed by atoms with Crippen LogP contribution in [0.15, 0.2) is 0 Å².